The van der Waals surface area contributed by atoms with Crippen LogP contribution in [-0.2, 0) is 14.8 Å². The van der Waals surface area contributed by atoms with Gasteiger partial charge in [-0.05, 0) is 25.1 Å². The number of aromatic nitrogens is 1. The van der Waals surface area contributed by atoms with Crippen molar-refractivity contribution < 1.29 is 18.3 Å². The molecule has 19 heavy (non-hydrogen) atoms. The van der Waals surface area contributed by atoms with Gasteiger partial charge in [-0.1, -0.05) is 13.8 Å². The van der Waals surface area contributed by atoms with Crippen molar-refractivity contribution in [1.82, 2.24) is 9.71 Å². The molecule has 1 heterocycles. The molecular formula is C11H17N3O4S. The van der Waals surface area contributed by atoms with Crippen molar-refractivity contribution in [2.24, 2.45) is 5.92 Å². The Hall–Kier alpha value is -1.67. The molecule has 3 N–H and O–H groups in total. The number of anilines is 1. The zero-order valence-corrected chi connectivity index (χ0v) is 11.7. The predicted molar refractivity (Wildman–Crippen MR) is 70.4 cm³/mol. The van der Waals surface area contributed by atoms with E-state index in [2.05, 4.69) is 15.0 Å². The molecule has 0 aromatic carbocycles. The highest BCUT2D eigenvalue weighted by atomic mass is 32.2. The van der Waals surface area contributed by atoms with E-state index >= 15 is 0 Å². The number of hydrogen-bond acceptors (Lipinski definition) is 5. The number of nitrogens with one attached hydrogen (secondary N) is 2. The van der Waals surface area contributed by atoms with Crippen molar-refractivity contribution in [2.45, 2.75) is 24.8 Å². The molecule has 1 rings (SSSR count). The van der Waals surface area contributed by atoms with Crippen LogP contribution in [0.3, 0.4) is 0 Å². The van der Waals surface area contributed by atoms with E-state index in [1.54, 1.807) is 13.8 Å². The molecule has 0 saturated heterocycles. The highest BCUT2D eigenvalue weighted by Gasteiger charge is 2.21. The van der Waals surface area contributed by atoms with Crippen molar-refractivity contribution in [3.05, 3.63) is 18.3 Å². The standard InChI is InChI=1S/C11H17N3O4S/c1-7(2)10(11(15)16)14-9-5-4-8(6-13-9)19(17,18)12-3/h4-7,10,12H,1-3H3,(H,13,14)(H,15,16)/t10-/m0/s1. The fraction of sp³-hybridized carbons (Fsp3) is 0.455. The number of pyridine rings is 1. The highest BCUT2D eigenvalue weighted by Crippen LogP contribution is 2.13. The van der Waals surface area contributed by atoms with Crippen molar-refractivity contribution in [2.75, 3.05) is 12.4 Å². The van der Waals surface area contributed by atoms with Gasteiger partial charge in [-0.15, -0.1) is 0 Å². The van der Waals surface area contributed by atoms with Crippen LogP contribution >= 0.6 is 0 Å². The number of nitrogens with zero attached hydrogens (tertiary/aromatic N) is 1. The van der Waals surface area contributed by atoms with Gasteiger partial charge in [0.25, 0.3) is 0 Å². The van der Waals surface area contributed by atoms with E-state index in [4.69, 9.17) is 5.11 Å². The fourth-order valence-corrected chi connectivity index (χ4v) is 2.09. The maximum atomic E-state index is 11.5. The van der Waals surface area contributed by atoms with E-state index in [1.807, 2.05) is 0 Å². The number of carboxylic acids is 1. The Bertz CT molecular complexity index is 540. The number of carboxylic acid groups (broad SMARTS) is 1. The lowest BCUT2D eigenvalue weighted by atomic mass is 10.1. The summed E-state index contributed by atoms with van der Waals surface area (Å²) in [7, 11) is -2.23. The first-order chi connectivity index (χ1) is 8.77. The third kappa shape index (κ3) is 3.90. The van der Waals surface area contributed by atoms with E-state index in [0.717, 1.165) is 0 Å². The molecule has 1 atom stereocenters. The number of aliphatic carboxylic acids is 1. The first-order valence-electron chi connectivity index (χ1n) is 5.67. The number of sulfonamides is 1. The molecule has 0 unspecified atom stereocenters. The molecule has 0 bridgehead atoms. The Morgan fingerprint density at radius 2 is 2.00 bits per heavy atom. The van der Waals surface area contributed by atoms with E-state index < -0.39 is 22.0 Å². The summed E-state index contributed by atoms with van der Waals surface area (Å²) < 4.78 is 25.1. The van der Waals surface area contributed by atoms with Crippen molar-refractivity contribution in [3.8, 4) is 0 Å². The smallest absolute Gasteiger partial charge is 0.326 e. The summed E-state index contributed by atoms with van der Waals surface area (Å²) in [6, 6.07) is 2.02. The normalized spacial score (nSPS) is 13.3. The van der Waals surface area contributed by atoms with Gasteiger partial charge in [0.05, 0.1) is 0 Å². The molecule has 1 aromatic rings. The van der Waals surface area contributed by atoms with Gasteiger partial charge in [-0.3, -0.25) is 0 Å². The summed E-state index contributed by atoms with van der Waals surface area (Å²) in [5.74, 6) is -0.792. The molecule has 0 amide bonds. The molecule has 0 aliphatic heterocycles. The minimum atomic E-state index is -3.53. The summed E-state index contributed by atoms with van der Waals surface area (Å²) in [5, 5.41) is 11.8. The van der Waals surface area contributed by atoms with Gasteiger partial charge in [-0.2, -0.15) is 0 Å². The van der Waals surface area contributed by atoms with Crippen molar-refractivity contribution in [1.29, 1.82) is 0 Å². The maximum Gasteiger partial charge on any atom is 0.326 e. The summed E-state index contributed by atoms with van der Waals surface area (Å²) >= 11 is 0. The van der Waals surface area contributed by atoms with Gasteiger partial charge in [0, 0.05) is 6.20 Å². The second-order valence-electron chi connectivity index (χ2n) is 4.29. The average Bonchev–Trinajstić information content (AvgIpc) is 2.35. The Morgan fingerprint density at radius 3 is 2.37 bits per heavy atom. The SMILES string of the molecule is CNS(=O)(=O)c1ccc(N[C@H](C(=O)O)C(C)C)nc1. The number of rotatable bonds is 6. The fourth-order valence-electron chi connectivity index (χ4n) is 1.42. The summed E-state index contributed by atoms with van der Waals surface area (Å²) in [5.41, 5.74) is 0. The van der Waals surface area contributed by atoms with Crippen LogP contribution in [0, 0.1) is 5.92 Å². The molecule has 0 aliphatic rings. The van der Waals surface area contributed by atoms with Crippen molar-refractivity contribution in [3.63, 3.8) is 0 Å². The average molecular weight is 287 g/mol. The van der Waals surface area contributed by atoms with Crippen LogP contribution in [-0.4, -0.2) is 37.6 Å². The molecule has 0 radical (unpaired) electrons. The lowest BCUT2D eigenvalue weighted by molar-refractivity contribution is -0.138. The molecule has 0 spiro atoms. The van der Waals surface area contributed by atoms with E-state index in [9.17, 15) is 13.2 Å². The molecule has 8 heteroatoms. The molecule has 1 aromatic heterocycles. The minimum Gasteiger partial charge on any atom is -0.480 e. The summed E-state index contributed by atoms with van der Waals surface area (Å²) in [6.07, 6.45) is 1.17. The van der Waals surface area contributed by atoms with Crippen LogP contribution < -0.4 is 10.0 Å². The van der Waals surface area contributed by atoms with Gasteiger partial charge >= 0.3 is 5.97 Å². The first-order valence-corrected chi connectivity index (χ1v) is 7.15. The van der Waals surface area contributed by atoms with E-state index in [0.29, 0.717) is 5.82 Å². The van der Waals surface area contributed by atoms with Gasteiger partial charge in [0.1, 0.15) is 16.8 Å². The lowest BCUT2D eigenvalue weighted by Crippen LogP contribution is -2.34. The van der Waals surface area contributed by atoms with Crippen LogP contribution in [0.2, 0.25) is 0 Å². The molecule has 7 nitrogen and oxygen atoms in total. The lowest BCUT2D eigenvalue weighted by Gasteiger charge is -2.18. The first kappa shape index (κ1) is 15.4. The zero-order valence-electron chi connectivity index (χ0n) is 10.9. The Kier molecular flexibility index (Phi) is 4.84. The van der Waals surface area contributed by atoms with Crippen LogP contribution in [0.1, 0.15) is 13.8 Å². The summed E-state index contributed by atoms with van der Waals surface area (Å²) in [6.45, 7) is 3.54. The second kappa shape index (κ2) is 5.98. The third-order valence-electron chi connectivity index (χ3n) is 2.55. The van der Waals surface area contributed by atoms with Crippen molar-refractivity contribution >= 4 is 21.8 Å². The molecule has 0 saturated carbocycles. The van der Waals surface area contributed by atoms with Crippen LogP contribution in [0.15, 0.2) is 23.2 Å². The summed E-state index contributed by atoms with van der Waals surface area (Å²) in [4.78, 5) is 15.0. The van der Waals surface area contributed by atoms with Gasteiger partial charge in [0.15, 0.2) is 0 Å². The largest absolute Gasteiger partial charge is 0.480 e. The Balaban J connectivity index is 2.91. The van der Waals surface area contributed by atoms with E-state index in [1.165, 1.54) is 25.4 Å². The van der Waals surface area contributed by atoms with Crippen LogP contribution in [0.4, 0.5) is 5.82 Å². The highest BCUT2D eigenvalue weighted by molar-refractivity contribution is 7.89. The van der Waals surface area contributed by atoms with Gasteiger partial charge in [-0.25, -0.2) is 22.9 Å². The van der Waals surface area contributed by atoms with Crippen LogP contribution in [0.25, 0.3) is 0 Å². The Labute approximate surface area is 112 Å². The molecule has 0 fully saturated rings. The maximum absolute atomic E-state index is 11.5. The predicted octanol–water partition coefficient (Wildman–Crippen LogP) is 0.511. The third-order valence-corrected chi connectivity index (χ3v) is 3.95. The number of carbonyl (C=O) groups is 1. The van der Waals surface area contributed by atoms with Crippen LogP contribution in [0.5, 0.6) is 0 Å². The zero-order chi connectivity index (χ0) is 14.6. The topological polar surface area (TPSA) is 108 Å². The Morgan fingerprint density at radius 1 is 1.37 bits per heavy atom. The monoisotopic (exact) mass is 287 g/mol. The second-order valence-corrected chi connectivity index (χ2v) is 6.18. The molecular weight excluding hydrogens is 270 g/mol. The number of hydrogen-bond donors (Lipinski definition) is 3. The molecule has 106 valence electrons. The molecule has 0 aliphatic carbocycles. The van der Waals surface area contributed by atoms with Gasteiger partial charge in [0.2, 0.25) is 10.0 Å². The van der Waals surface area contributed by atoms with Gasteiger partial charge < -0.3 is 10.4 Å². The minimum absolute atomic E-state index is 0.0250. The quantitative estimate of drug-likeness (QED) is 0.703. The van der Waals surface area contributed by atoms with E-state index in [-0.39, 0.29) is 10.8 Å².